The number of hydrogen-bond donors (Lipinski definition) is 1. The molecule has 0 radical (unpaired) electrons. The van der Waals surface area contributed by atoms with E-state index < -0.39 is 0 Å². The number of nitrogens with one attached hydrogen (secondary N) is 1. The molecule has 0 amide bonds. The summed E-state index contributed by atoms with van der Waals surface area (Å²) in [4.78, 5) is 6.52. The summed E-state index contributed by atoms with van der Waals surface area (Å²) in [6.45, 7) is 2.08. The Kier molecular flexibility index (Phi) is 2.06. The quantitative estimate of drug-likeness (QED) is 0.838. The van der Waals surface area contributed by atoms with E-state index in [0.717, 1.165) is 42.7 Å². The SMILES string of the molecule is C1NCc2sc(C3C4CC5CC(C4)CC3C5)nc21. The molecule has 4 aliphatic carbocycles. The summed E-state index contributed by atoms with van der Waals surface area (Å²) in [5, 5.41) is 4.92. The number of thiazole rings is 1. The van der Waals surface area contributed by atoms with Gasteiger partial charge in [-0.05, 0) is 55.8 Å². The molecule has 5 aliphatic rings. The van der Waals surface area contributed by atoms with E-state index in [0.29, 0.717) is 0 Å². The minimum atomic E-state index is 0.841. The van der Waals surface area contributed by atoms with Gasteiger partial charge < -0.3 is 5.32 Å². The summed E-state index contributed by atoms with van der Waals surface area (Å²) in [7, 11) is 0. The van der Waals surface area contributed by atoms with Crippen LogP contribution in [0.15, 0.2) is 0 Å². The first-order valence-corrected chi connectivity index (χ1v) is 8.37. The van der Waals surface area contributed by atoms with Crippen molar-refractivity contribution in [2.45, 2.75) is 51.1 Å². The maximum absolute atomic E-state index is 4.99. The molecule has 2 nitrogen and oxygen atoms in total. The second-order valence-corrected chi connectivity index (χ2v) is 8.10. The van der Waals surface area contributed by atoms with E-state index in [1.807, 2.05) is 11.3 Å². The Morgan fingerprint density at radius 2 is 1.67 bits per heavy atom. The Bertz CT molecular complexity index is 443. The van der Waals surface area contributed by atoms with E-state index in [-0.39, 0.29) is 0 Å². The van der Waals surface area contributed by atoms with Gasteiger partial charge in [-0.1, -0.05) is 0 Å². The Morgan fingerprint density at radius 1 is 0.944 bits per heavy atom. The fourth-order valence-corrected chi connectivity index (χ4v) is 6.78. The molecule has 0 unspecified atom stereocenters. The van der Waals surface area contributed by atoms with Gasteiger partial charge in [0.25, 0.3) is 0 Å². The lowest BCUT2D eigenvalue weighted by Crippen LogP contribution is -2.43. The predicted octanol–water partition coefficient (Wildman–Crippen LogP) is 3.29. The van der Waals surface area contributed by atoms with Gasteiger partial charge in [-0.3, -0.25) is 0 Å². The molecule has 0 spiro atoms. The van der Waals surface area contributed by atoms with Crippen LogP contribution in [-0.4, -0.2) is 4.98 Å². The summed E-state index contributed by atoms with van der Waals surface area (Å²) in [5.41, 5.74) is 1.36. The maximum Gasteiger partial charge on any atom is 0.0968 e. The van der Waals surface area contributed by atoms with Gasteiger partial charge in [0.15, 0.2) is 0 Å². The van der Waals surface area contributed by atoms with E-state index in [2.05, 4.69) is 5.32 Å². The van der Waals surface area contributed by atoms with Gasteiger partial charge in [-0.2, -0.15) is 0 Å². The van der Waals surface area contributed by atoms with Crippen molar-refractivity contribution in [2.24, 2.45) is 23.7 Å². The van der Waals surface area contributed by atoms with Crippen molar-refractivity contribution in [1.82, 2.24) is 10.3 Å². The fraction of sp³-hybridized carbons (Fsp3) is 0.800. The molecule has 1 aromatic heterocycles. The average molecular weight is 260 g/mol. The monoisotopic (exact) mass is 260 g/mol. The molecular weight excluding hydrogens is 240 g/mol. The van der Waals surface area contributed by atoms with Crippen molar-refractivity contribution in [1.29, 1.82) is 0 Å². The first kappa shape index (κ1) is 10.4. The lowest BCUT2D eigenvalue weighted by molar-refractivity contribution is -0.00288. The molecule has 4 bridgehead atoms. The smallest absolute Gasteiger partial charge is 0.0968 e. The van der Waals surface area contributed by atoms with E-state index >= 15 is 0 Å². The molecule has 0 saturated heterocycles. The van der Waals surface area contributed by atoms with Crippen molar-refractivity contribution in [2.75, 3.05) is 0 Å². The average Bonchev–Trinajstić information content (AvgIpc) is 2.87. The van der Waals surface area contributed by atoms with Crippen LogP contribution in [0, 0.1) is 23.7 Å². The molecule has 96 valence electrons. The largest absolute Gasteiger partial charge is 0.306 e. The van der Waals surface area contributed by atoms with Crippen LogP contribution in [0.3, 0.4) is 0 Å². The number of fused-ring (bicyclic) bond motifs is 1. The van der Waals surface area contributed by atoms with Gasteiger partial charge in [0.2, 0.25) is 0 Å². The van der Waals surface area contributed by atoms with Crippen molar-refractivity contribution >= 4 is 11.3 Å². The standard InChI is InChI=1S/C15H20N2S/c1-8-2-10-4-9(1)5-11(3-8)14(10)15-17-12-6-16-7-13(12)18-15/h8-11,14,16H,1-7H2. The molecule has 3 heteroatoms. The minimum absolute atomic E-state index is 0.841. The highest BCUT2D eigenvalue weighted by atomic mass is 32.1. The van der Waals surface area contributed by atoms with Crippen LogP contribution in [0.4, 0.5) is 0 Å². The Morgan fingerprint density at radius 3 is 2.33 bits per heavy atom. The van der Waals surface area contributed by atoms with Crippen LogP contribution in [0.1, 0.15) is 53.6 Å². The molecule has 1 aliphatic heterocycles. The summed E-state index contributed by atoms with van der Waals surface area (Å²) in [6, 6.07) is 0. The topological polar surface area (TPSA) is 24.9 Å². The number of nitrogens with zero attached hydrogens (tertiary/aromatic N) is 1. The van der Waals surface area contributed by atoms with Crippen molar-refractivity contribution in [3.63, 3.8) is 0 Å². The van der Waals surface area contributed by atoms with Crippen LogP contribution in [-0.2, 0) is 13.1 Å². The van der Waals surface area contributed by atoms with E-state index in [4.69, 9.17) is 4.98 Å². The molecule has 0 atom stereocenters. The van der Waals surface area contributed by atoms with Crippen molar-refractivity contribution in [3.8, 4) is 0 Å². The number of hydrogen-bond acceptors (Lipinski definition) is 3. The van der Waals surface area contributed by atoms with Gasteiger partial charge in [-0.15, -0.1) is 11.3 Å². The number of aromatic nitrogens is 1. The Labute approximate surface area is 112 Å². The van der Waals surface area contributed by atoms with Crippen LogP contribution >= 0.6 is 11.3 Å². The van der Waals surface area contributed by atoms with Gasteiger partial charge in [0.1, 0.15) is 0 Å². The third-order valence-electron chi connectivity index (χ3n) is 5.88. The molecule has 6 rings (SSSR count). The highest BCUT2D eigenvalue weighted by Gasteiger charge is 2.49. The fourth-order valence-electron chi connectivity index (χ4n) is 5.44. The summed E-state index contributed by atoms with van der Waals surface area (Å²) in [6.07, 6.45) is 7.61. The molecule has 4 fully saturated rings. The molecular formula is C15H20N2S. The van der Waals surface area contributed by atoms with Crippen LogP contribution in [0.2, 0.25) is 0 Å². The van der Waals surface area contributed by atoms with Gasteiger partial charge in [0, 0.05) is 23.9 Å². The van der Waals surface area contributed by atoms with Crippen molar-refractivity contribution < 1.29 is 0 Å². The minimum Gasteiger partial charge on any atom is -0.306 e. The zero-order valence-corrected chi connectivity index (χ0v) is 11.5. The van der Waals surface area contributed by atoms with E-state index in [1.165, 1.54) is 41.3 Å². The second kappa shape index (κ2) is 3.57. The zero-order chi connectivity index (χ0) is 11.7. The summed E-state index contributed by atoms with van der Waals surface area (Å²) in [5.74, 6) is 4.98. The molecule has 2 heterocycles. The normalized spacial score (nSPS) is 44.6. The molecule has 1 N–H and O–H groups in total. The molecule has 0 aromatic carbocycles. The van der Waals surface area contributed by atoms with Crippen molar-refractivity contribution in [3.05, 3.63) is 15.6 Å². The Hall–Kier alpha value is -0.410. The lowest BCUT2D eigenvalue weighted by atomic mass is 9.52. The molecule has 1 aromatic rings. The number of rotatable bonds is 1. The third kappa shape index (κ3) is 1.35. The van der Waals surface area contributed by atoms with Crippen LogP contribution in [0.25, 0.3) is 0 Å². The second-order valence-electron chi connectivity index (χ2n) is 6.98. The van der Waals surface area contributed by atoms with E-state index in [9.17, 15) is 0 Å². The van der Waals surface area contributed by atoms with Gasteiger partial charge in [0.05, 0.1) is 10.7 Å². The van der Waals surface area contributed by atoms with Gasteiger partial charge >= 0.3 is 0 Å². The van der Waals surface area contributed by atoms with E-state index in [1.54, 1.807) is 6.42 Å². The third-order valence-corrected chi connectivity index (χ3v) is 7.08. The first-order valence-electron chi connectivity index (χ1n) is 7.56. The molecule has 18 heavy (non-hydrogen) atoms. The predicted molar refractivity (Wildman–Crippen MR) is 72.4 cm³/mol. The van der Waals surface area contributed by atoms with Gasteiger partial charge in [-0.25, -0.2) is 4.98 Å². The maximum atomic E-state index is 4.99. The summed E-state index contributed by atoms with van der Waals surface area (Å²) >= 11 is 2.03. The Balaban J connectivity index is 1.52. The lowest BCUT2D eigenvalue weighted by Gasteiger charge is -2.53. The van der Waals surface area contributed by atoms with Crippen LogP contribution in [0.5, 0.6) is 0 Å². The summed E-state index contributed by atoms with van der Waals surface area (Å²) < 4.78 is 0. The molecule has 4 saturated carbocycles. The highest BCUT2D eigenvalue weighted by molar-refractivity contribution is 7.11. The van der Waals surface area contributed by atoms with Crippen LogP contribution < -0.4 is 5.32 Å². The zero-order valence-electron chi connectivity index (χ0n) is 10.7. The first-order chi connectivity index (χ1) is 8.87. The highest BCUT2D eigenvalue weighted by Crippen LogP contribution is 2.60.